The molecule has 0 fully saturated rings. The van der Waals surface area contributed by atoms with Gasteiger partial charge in [-0.05, 0) is 59.4 Å². The lowest BCUT2D eigenvalue weighted by Crippen LogP contribution is -2.00. The second kappa shape index (κ2) is 12.0. The summed E-state index contributed by atoms with van der Waals surface area (Å²) in [5, 5.41) is 0. The summed E-state index contributed by atoms with van der Waals surface area (Å²) in [5.41, 5.74) is 5.53. The predicted octanol–water partition coefficient (Wildman–Crippen LogP) is 7.76. The Balaban J connectivity index is 1.52. The molecular weight excluding hydrogens is 408 g/mol. The standard InChI is InChI=1S/C26H34O2S2/c1-2-4-6-8-10-28-26-15-23-12-24(16-26)20-30-18-22-11-21(17-29-19-23)13-25(14-22)27-9-7-5-3-1/h11-16H,1-10,17-20H2. The molecule has 0 saturated carbocycles. The molecule has 3 heterocycles. The zero-order chi connectivity index (χ0) is 20.4. The predicted molar refractivity (Wildman–Crippen MR) is 131 cm³/mol. The molecule has 0 spiro atoms. The van der Waals surface area contributed by atoms with Gasteiger partial charge < -0.3 is 9.47 Å². The van der Waals surface area contributed by atoms with Crippen LogP contribution in [0.1, 0.15) is 73.6 Å². The molecule has 162 valence electrons. The van der Waals surface area contributed by atoms with E-state index in [0.29, 0.717) is 0 Å². The van der Waals surface area contributed by atoms with E-state index in [1.165, 1.54) is 60.8 Å². The summed E-state index contributed by atoms with van der Waals surface area (Å²) in [6.07, 6.45) is 10.2. The van der Waals surface area contributed by atoms with Crippen molar-refractivity contribution in [3.8, 4) is 11.5 Å². The van der Waals surface area contributed by atoms with Crippen molar-refractivity contribution < 1.29 is 9.47 Å². The molecular formula is C26H34O2S2. The van der Waals surface area contributed by atoms with Crippen molar-refractivity contribution in [3.63, 3.8) is 0 Å². The molecule has 0 unspecified atom stereocenters. The van der Waals surface area contributed by atoms with Gasteiger partial charge in [-0.2, -0.15) is 23.5 Å². The maximum Gasteiger partial charge on any atom is 0.119 e. The van der Waals surface area contributed by atoms with Gasteiger partial charge >= 0.3 is 0 Å². The van der Waals surface area contributed by atoms with Gasteiger partial charge in [-0.15, -0.1) is 0 Å². The lowest BCUT2D eigenvalue weighted by molar-refractivity contribution is 0.300. The van der Waals surface area contributed by atoms with Crippen LogP contribution in [0.4, 0.5) is 0 Å². The van der Waals surface area contributed by atoms with E-state index in [1.54, 1.807) is 0 Å². The molecule has 2 aromatic carbocycles. The lowest BCUT2D eigenvalue weighted by atomic mass is 10.1. The average molecular weight is 443 g/mol. The molecule has 0 saturated heterocycles. The first-order chi connectivity index (χ1) is 14.8. The Morgan fingerprint density at radius 2 is 0.767 bits per heavy atom. The summed E-state index contributed by atoms with van der Waals surface area (Å²) in [4.78, 5) is 0. The van der Waals surface area contributed by atoms with E-state index in [0.717, 1.165) is 60.6 Å². The number of hydrogen-bond acceptors (Lipinski definition) is 4. The van der Waals surface area contributed by atoms with Crippen molar-refractivity contribution in [1.29, 1.82) is 0 Å². The van der Waals surface area contributed by atoms with Crippen molar-refractivity contribution in [2.24, 2.45) is 0 Å². The molecule has 3 aliphatic heterocycles. The van der Waals surface area contributed by atoms with E-state index < -0.39 is 0 Å². The highest BCUT2D eigenvalue weighted by Gasteiger charge is 2.09. The fraction of sp³-hybridized carbons (Fsp3) is 0.538. The van der Waals surface area contributed by atoms with Crippen molar-refractivity contribution in [2.45, 2.75) is 74.4 Å². The maximum atomic E-state index is 6.16. The minimum atomic E-state index is 0.841. The van der Waals surface area contributed by atoms with Crippen molar-refractivity contribution >= 4 is 23.5 Å². The number of rotatable bonds is 0. The molecule has 5 rings (SSSR count). The summed E-state index contributed by atoms with van der Waals surface area (Å²) < 4.78 is 12.3. The fourth-order valence-electron chi connectivity index (χ4n) is 4.18. The molecule has 6 bridgehead atoms. The molecule has 2 aromatic rings. The zero-order valence-corrected chi connectivity index (χ0v) is 19.6. The SMILES string of the molecule is c1c2cc3cc1CSCc1cc(cc(c1)OCCCCCCCCCCO3)CSC2. The number of hydrogen-bond donors (Lipinski definition) is 0. The van der Waals surface area contributed by atoms with E-state index in [2.05, 4.69) is 36.4 Å². The molecule has 2 nitrogen and oxygen atoms in total. The van der Waals surface area contributed by atoms with E-state index in [-0.39, 0.29) is 0 Å². The van der Waals surface area contributed by atoms with Crippen LogP contribution in [-0.2, 0) is 23.0 Å². The molecule has 4 heteroatoms. The Morgan fingerprint density at radius 3 is 1.13 bits per heavy atom. The Kier molecular flexibility index (Phi) is 8.74. The molecule has 0 aromatic heterocycles. The lowest BCUT2D eigenvalue weighted by Gasteiger charge is -2.14. The fourth-order valence-corrected chi connectivity index (χ4v) is 5.99. The number of benzene rings is 2. The van der Waals surface area contributed by atoms with Crippen LogP contribution in [0.5, 0.6) is 11.5 Å². The molecule has 3 aliphatic rings. The summed E-state index contributed by atoms with van der Waals surface area (Å²) in [6.45, 7) is 1.68. The first kappa shape index (κ1) is 22.0. The minimum absolute atomic E-state index is 0.841. The summed E-state index contributed by atoms with van der Waals surface area (Å²) >= 11 is 3.97. The smallest absolute Gasteiger partial charge is 0.119 e. The summed E-state index contributed by atoms with van der Waals surface area (Å²) in [6, 6.07) is 13.7. The normalized spacial score (nSPS) is 19.1. The van der Waals surface area contributed by atoms with Gasteiger partial charge in [-0.25, -0.2) is 0 Å². The monoisotopic (exact) mass is 442 g/mol. The Hall–Kier alpha value is -1.26. The summed E-state index contributed by atoms with van der Waals surface area (Å²) in [5.74, 6) is 6.21. The van der Waals surface area contributed by atoms with Crippen molar-refractivity contribution in [2.75, 3.05) is 13.2 Å². The third-order valence-electron chi connectivity index (χ3n) is 5.70. The van der Waals surface area contributed by atoms with Crippen LogP contribution < -0.4 is 9.47 Å². The van der Waals surface area contributed by atoms with Crippen molar-refractivity contribution in [1.82, 2.24) is 0 Å². The highest BCUT2D eigenvalue weighted by atomic mass is 32.2. The Morgan fingerprint density at radius 1 is 0.433 bits per heavy atom. The molecule has 0 N–H and O–H groups in total. The summed E-state index contributed by atoms with van der Waals surface area (Å²) in [7, 11) is 0. The van der Waals surface area contributed by atoms with Gasteiger partial charge in [0, 0.05) is 23.0 Å². The van der Waals surface area contributed by atoms with Gasteiger partial charge in [0.05, 0.1) is 13.2 Å². The second-order valence-corrected chi connectivity index (χ2v) is 10.5. The van der Waals surface area contributed by atoms with Gasteiger partial charge in [0.2, 0.25) is 0 Å². The van der Waals surface area contributed by atoms with Crippen LogP contribution in [0.15, 0.2) is 36.4 Å². The van der Waals surface area contributed by atoms with Crippen LogP contribution in [0.2, 0.25) is 0 Å². The largest absolute Gasteiger partial charge is 0.494 e. The minimum Gasteiger partial charge on any atom is -0.494 e. The van der Waals surface area contributed by atoms with E-state index in [1.807, 2.05) is 23.5 Å². The van der Waals surface area contributed by atoms with Gasteiger partial charge in [0.25, 0.3) is 0 Å². The maximum absolute atomic E-state index is 6.16. The molecule has 0 amide bonds. The van der Waals surface area contributed by atoms with E-state index in [9.17, 15) is 0 Å². The van der Waals surface area contributed by atoms with Gasteiger partial charge in [0.1, 0.15) is 11.5 Å². The molecule has 0 atom stereocenters. The molecule has 0 radical (unpaired) electrons. The third-order valence-corrected chi connectivity index (χ3v) is 7.85. The number of fused-ring (bicyclic) bond motifs is 15. The van der Waals surface area contributed by atoms with Gasteiger partial charge in [-0.3, -0.25) is 0 Å². The van der Waals surface area contributed by atoms with E-state index >= 15 is 0 Å². The number of ether oxygens (including phenoxy) is 2. The topological polar surface area (TPSA) is 18.5 Å². The third kappa shape index (κ3) is 7.16. The first-order valence-electron chi connectivity index (χ1n) is 11.5. The molecule has 0 aliphatic carbocycles. The van der Waals surface area contributed by atoms with Crippen LogP contribution >= 0.6 is 23.5 Å². The van der Waals surface area contributed by atoms with Crippen LogP contribution in [0.25, 0.3) is 0 Å². The quantitative estimate of drug-likeness (QED) is 0.415. The first-order valence-corrected chi connectivity index (χ1v) is 13.8. The van der Waals surface area contributed by atoms with Crippen LogP contribution in [0, 0.1) is 0 Å². The van der Waals surface area contributed by atoms with Crippen LogP contribution in [-0.4, -0.2) is 13.2 Å². The van der Waals surface area contributed by atoms with Crippen LogP contribution in [0.3, 0.4) is 0 Å². The molecule has 30 heavy (non-hydrogen) atoms. The Labute approximate surface area is 190 Å². The Bertz CT molecular complexity index is 694. The van der Waals surface area contributed by atoms with Gasteiger partial charge in [-0.1, -0.05) is 50.7 Å². The number of thioether (sulfide) groups is 2. The van der Waals surface area contributed by atoms with Crippen molar-refractivity contribution in [3.05, 3.63) is 58.7 Å². The zero-order valence-electron chi connectivity index (χ0n) is 18.0. The second-order valence-electron chi connectivity index (χ2n) is 8.48. The highest BCUT2D eigenvalue weighted by molar-refractivity contribution is 7.98. The average Bonchev–Trinajstić information content (AvgIpc) is 2.73. The van der Waals surface area contributed by atoms with Gasteiger partial charge in [0.15, 0.2) is 0 Å². The van der Waals surface area contributed by atoms with E-state index in [4.69, 9.17) is 9.47 Å². The highest BCUT2D eigenvalue weighted by Crippen LogP contribution is 2.30.